The molecule has 2 heterocycles. The molecule has 0 aromatic rings. The molecular formula is C36H70O6. The van der Waals surface area contributed by atoms with Gasteiger partial charge < -0.3 is 28.4 Å². The minimum absolute atomic E-state index is 0.0323. The predicted octanol–water partition coefficient (Wildman–Crippen LogP) is 9.21. The van der Waals surface area contributed by atoms with Crippen LogP contribution in [-0.4, -0.2) is 76.3 Å². The number of rotatable bonds is 33. The molecule has 2 rings (SSSR count). The largest absolute Gasteiger partial charge is 0.381 e. The Labute approximate surface area is 260 Å². The Morgan fingerprint density at radius 3 is 0.810 bits per heavy atom. The van der Waals surface area contributed by atoms with Gasteiger partial charge in [0.2, 0.25) is 0 Å². The van der Waals surface area contributed by atoms with Crippen molar-refractivity contribution in [2.45, 2.75) is 180 Å². The monoisotopic (exact) mass is 599 g/mol. The molecule has 0 amide bonds. The van der Waals surface area contributed by atoms with Crippen molar-refractivity contribution in [3.8, 4) is 0 Å². The summed E-state index contributed by atoms with van der Waals surface area (Å²) in [6.45, 7) is 15.6. The Morgan fingerprint density at radius 2 is 0.595 bits per heavy atom. The summed E-state index contributed by atoms with van der Waals surface area (Å²) >= 11 is 0. The number of hydrogen-bond donors (Lipinski definition) is 0. The van der Waals surface area contributed by atoms with Gasteiger partial charge in [0.05, 0.1) is 25.4 Å². The fourth-order valence-corrected chi connectivity index (χ4v) is 5.92. The lowest BCUT2D eigenvalue weighted by molar-refractivity contribution is 0.0735. The molecule has 0 saturated carbocycles. The van der Waals surface area contributed by atoms with E-state index in [1.807, 2.05) is 0 Å². The normalized spacial score (nSPS) is 24.9. The zero-order valence-electron chi connectivity index (χ0n) is 28.4. The van der Waals surface area contributed by atoms with Crippen LogP contribution in [0.4, 0.5) is 0 Å². The van der Waals surface area contributed by atoms with Crippen molar-refractivity contribution >= 4 is 0 Å². The molecule has 0 aliphatic carbocycles. The molecular weight excluding hydrogens is 528 g/mol. The van der Waals surface area contributed by atoms with Gasteiger partial charge in [0.1, 0.15) is 11.2 Å². The highest BCUT2D eigenvalue weighted by Crippen LogP contribution is 2.40. The van der Waals surface area contributed by atoms with Crippen molar-refractivity contribution in [2.24, 2.45) is 0 Å². The fourth-order valence-electron chi connectivity index (χ4n) is 5.92. The van der Waals surface area contributed by atoms with Crippen LogP contribution in [0, 0.1) is 0 Å². The maximum absolute atomic E-state index is 5.83. The SMILES string of the molecule is CCC1(COCCCCCCOCCCCCCCCCCCCOCCCCCCOCC2(CC)OC2C)OC1C. The zero-order chi connectivity index (χ0) is 30.2. The number of epoxide rings is 2. The van der Waals surface area contributed by atoms with Crippen LogP contribution in [0.25, 0.3) is 0 Å². The quantitative estimate of drug-likeness (QED) is 0.0554. The molecule has 2 aliphatic heterocycles. The molecule has 0 spiro atoms. The second-order valence-electron chi connectivity index (χ2n) is 13.1. The van der Waals surface area contributed by atoms with E-state index in [0.29, 0.717) is 12.2 Å². The van der Waals surface area contributed by atoms with Crippen molar-refractivity contribution in [3.05, 3.63) is 0 Å². The molecule has 0 aromatic heterocycles. The average Bonchev–Trinajstić information content (AvgIpc) is 3.87. The molecule has 0 radical (unpaired) electrons. The highest BCUT2D eigenvalue weighted by molar-refractivity contribution is 4.99. The predicted molar refractivity (Wildman–Crippen MR) is 174 cm³/mol. The van der Waals surface area contributed by atoms with Crippen LogP contribution in [-0.2, 0) is 28.4 Å². The van der Waals surface area contributed by atoms with Gasteiger partial charge in [-0.3, -0.25) is 0 Å². The zero-order valence-corrected chi connectivity index (χ0v) is 28.4. The summed E-state index contributed by atoms with van der Waals surface area (Å²) in [4.78, 5) is 0. The van der Waals surface area contributed by atoms with Crippen molar-refractivity contribution in [2.75, 3.05) is 52.9 Å². The number of hydrogen-bond acceptors (Lipinski definition) is 6. The summed E-state index contributed by atoms with van der Waals surface area (Å²) in [6.07, 6.45) is 25.8. The Morgan fingerprint density at radius 1 is 0.381 bits per heavy atom. The van der Waals surface area contributed by atoms with E-state index in [2.05, 4.69) is 27.7 Å². The summed E-state index contributed by atoms with van der Waals surface area (Å²) < 4.78 is 34.7. The van der Waals surface area contributed by atoms with Crippen LogP contribution in [0.15, 0.2) is 0 Å². The van der Waals surface area contributed by atoms with Crippen LogP contribution in [0.1, 0.15) is 156 Å². The Hall–Kier alpha value is -0.240. The van der Waals surface area contributed by atoms with E-state index in [1.54, 1.807) is 0 Å². The van der Waals surface area contributed by atoms with Gasteiger partial charge in [-0.1, -0.05) is 90.9 Å². The van der Waals surface area contributed by atoms with Crippen molar-refractivity contribution in [1.29, 1.82) is 0 Å². The summed E-state index contributed by atoms with van der Waals surface area (Å²) in [5.41, 5.74) is 0.0646. The van der Waals surface area contributed by atoms with Gasteiger partial charge >= 0.3 is 0 Å². The number of unbranched alkanes of at least 4 members (excludes halogenated alkanes) is 15. The molecule has 2 aliphatic rings. The third-order valence-electron chi connectivity index (χ3n) is 9.56. The van der Waals surface area contributed by atoms with Crippen LogP contribution < -0.4 is 0 Å². The van der Waals surface area contributed by atoms with E-state index in [0.717, 1.165) is 78.5 Å². The molecule has 42 heavy (non-hydrogen) atoms. The van der Waals surface area contributed by atoms with Crippen LogP contribution in [0.5, 0.6) is 0 Å². The van der Waals surface area contributed by atoms with E-state index in [9.17, 15) is 0 Å². The van der Waals surface area contributed by atoms with E-state index in [4.69, 9.17) is 28.4 Å². The fraction of sp³-hybridized carbons (Fsp3) is 1.00. The molecule has 0 aromatic carbocycles. The third kappa shape index (κ3) is 17.3. The van der Waals surface area contributed by atoms with E-state index in [-0.39, 0.29) is 11.2 Å². The number of ether oxygens (including phenoxy) is 6. The molecule has 6 nitrogen and oxygen atoms in total. The summed E-state index contributed by atoms with van der Waals surface area (Å²) in [5, 5.41) is 0. The molecule has 0 bridgehead atoms. The van der Waals surface area contributed by atoms with Gasteiger partial charge in [-0.2, -0.15) is 0 Å². The molecule has 2 saturated heterocycles. The van der Waals surface area contributed by atoms with Gasteiger partial charge in [-0.05, 0) is 65.2 Å². The first kappa shape index (κ1) is 37.9. The Kier molecular flexibility index (Phi) is 21.7. The van der Waals surface area contributed by atoms with Gasteiger partial charge in [0.15, 0.2) is 0 Å². The van der Waals surface area contributed by atoms with Crippen LogP contribution >= 0.6 is 0 Å². The molecule has 6 heteroatoms. The van der Waals surface area contributed by atoms with Gasteiger partial charge in [0.25, 0.3) is 0 Å². The maximum Gasteiger partial charge on any atom is 0.117 e. The van der Waals surface area contributed by atoms with E-state index >= 15 is 0 Å². The maximum atomic E-state index is 5.83. The lowest BCUT2D eigenvalue weighted by atomic mass is 10.0. The Balaban J connectivity index is 1.14. The first-order valence-electron chi connectivity index (χ1n) is 18.2. The summed E-state index contributed by atoms with van der Waals surface area (Å²) in [7, 11) is 0. The molecule has 2 fully saturated rings. The van der Waals surface area contributed by atoms with E-state index < -0.39 is 0 Å². The standard InChI is InChI=1S/C36H70O6/c1-5-35(33(3)41-35)31-39-29-23-17-15-21-27-37-25-19-13-11-9-7-8-10-12-14-20-26-38-28-22-16-18-24-30-40-32-36(6-2)34(4)42-36/h33-34H,5-32H2,1-4H3. The molecule has 4 unspecified atom stereocenters. The minimum Gasteiger partial charge on any atom is -0.381 e. The lowest BCUT2D eigenvalue weighted by Crippen LogP contribution is -2.21. The molecule has 0 N–H and O–H groups in total. The molecule has 250 valence electrons. The van der Waals surface area contributed by atoms with Gasteiger partial charge in [-0.15, -0.1) is 0 Å². The summed E-state index contributed by atoms with van der Waals surface area (Å²) in [5.74, 6) is 0. The van der Waals surface area contributed by atoms with Crippen LogP contribution in [0.3, 0.4) is 0 Å². The second kappa shape index (κ2) is 24.1. The minimum atomic E-state index is 0.0323. The third-order valence-corrected chi connectivity index (χ3v) is 9.56. The smallest absolute Gasteiger partial charge is 0.117 e. The van der Waals surface area contributed by atoms with Gasteiger partial charge in [-0.25, -0.2) is 0 Å². The highest BCUT2D eigenvalue weighted by atomic mass is 16.6. The average molecular weight is 599 g/mol. The first-order valence-corrected chi connectivity index (χ1v) is 18.2. The topological polar surface area (TPSA) is 62.0 Å². The molecule has 4 atom stereocenters. The second-order valence-corrected chi connectivity index (χ2v) is 13.1. The lowest BCUT2D eigenvalue weighted by Gasteiger charge is -2.10. The Bertz CT molecular complexity index is 558. The van der Waals surface area contributed by atoms with Crippen molar-refractivity contribution in [3.63, 3.8) is 0 Å². The summed E-state index contributed by atoms with van der Waals surface area (Å²) in [6, 6.07) is 0. The van der Waals surface area contributed by atoms with E-state index in [1.165, 1.54) is 103 Å². The first-order chi connectivity index (χ1) is 20.6. The van der Waals surface area contributed by atoms with Crippen molar-refractivity contribution < 1.29 is 28.4 Å². The van der Waals surface area contributed by atoms with Gasteiger partial charge in [0, 0.05) is 39.6 Å². The highest BCUT2D eigenvalue weighted by Gasteiger charge is 2.52. The van der Waals surface area contributed by atoms with Crippen LogP contribution in [0.2, 0.25) is 0 Å². The van der Waals surface area contributed by atoms with Crippen molar-refractivity contribution in [1.82, 2.24) is 0 Å².